The van der Waals surface area contributed by atoms with Gasteiger partial charge >= 0.3 is 0 Å². The summed E-state index contributed by atoms with van der Waals surface area (Å²) in [5.74, 6) is -4.82. The van der Waals surface area contributed by atoms with Crippen LogP contribution in [0.1, 0.15) is 38.2 Å². The highest BCUT2D eigenvalue weighted by atomic mass is 19.2. The van der Waals surface area contributed by atoms with Crippen molar-refractivity contribution in [3.63, 3.8) is 0 Å². The average molecular weight is 368 g/mol. The van der Waals surface area contributed by atoms with E-state index in [0.29, 0.717) is 11.1 Å². The van der Waals surface area contributed by atoms with Crippen LogP contribution in [0.5, 0.6) is 0 Å². The Bertz CT molecular complexity index is 865. The summed E-state index contributed by atoms with van der Waals surface area (Å²) in [5.41, 5.74) is 1.54. The summed E-state index contributed by atoms with van der Waals surface area (Å²) in [4.78, 5) is 17.8. The molecule has 1 unspecified atom stereocenters. The second-order valence-corrected chi connectivity index (χ2v) is 6.25. The van der Waals surface area contributed by atoms with E-state index in [9.17, 15) is 22.4 Å². The standard InChI is InChI=1S/C19H18F4N2O/c20-4-1-2-12-9-24-5-3-13(12)10-25-11-15(8-18(25)26)14-6-16(21)19(23)17(22)7-14/h3,5-7,9,15H,1-2,4,8,10-11H2/i4D2. The zero-order valence-corrected chi connectivity index (χ0v) is 13.8. The molecule has 0 radical (unpaired) electrons. The molecule has 2 heterocycles. The van der Waals surface area contributed by atoms with Crippen molar-refractivity contribution in [2.24, 2.45) is 0 Å². The number of aromatic nitrogens is 1. The van der Waals surface area contributed by atoms with E-state index in [0.717, 1.165) is 12.1 Å². The van der Waals surface area contributed by atoms with Crippen molar-refractivity contribution >= 4 is 5.91 Å². The average Bonchev–Trinajstić information content (AvgIpc) is 2.98. The molecule has 0 N–H and O–H groups in total. The predicted molar refractivity (Wildman–Crippen MR) is 87.6 cm³/mol. The topological polar surface area (TPSA) is 33.2 Å². The number of pyridine rings is 1. The number of aryl methyl sites for hydroxylation is 1. The van der Waals surface area contributed by atoms with Crippen molar-refractivity contribution in [1.82, 2.24) is 9.88 Å². The number of nitrogens with zero attached hydrogens (tertiary/aromatic N) is 2. The SMILES string of the molecule is [2H]C([2H])(F)CCc1cnccc1CN1CC(c2cc(F)c(F)c(F)c2)CC1=O. The maximum Gasteiger partial charge on any atom is 0.223 e. The van der Waals surface area contributed by atoms with Gasteiger partial charge < -0.3 is 4.90 Å². The molecule has 138 valence electrons. The highest BCUT2D eigenvalue weighted by Gasteiger charge is 2.32. The normalized spacial score (nSPS) is 18.8. The lowest BCUT2D eigenvalue weighted by Gasteiger charge is -2.19. The van der Waals surface area contributed by atoms with Crippen LogP contribution >= 0.6 is 0 Å². The number of carbonyl (C=O) groups is 1. The van der Waals surface area contributed by atoms with Crippen LogP contribution in [0.15, 0.2) is 30.6 Å². The number of likely N-dealkylation sites (tertiary alicyclic amines) is 1. The third-order valence-electron chi connectivity index (χ3n) is 4.55. The Morgan fingerprint density at radius 2 is 1.96 bits per heavy atom. The van der Waals surface area contributed by atoms with Gasteiger partial charge in [0.05, 0.1) is 9.37 Å². The van der Waals surface area contributed by atoms with Crippen LogP contribution in [0, 0.1) is 17.5 Å². The van der Waals surface area contributed by atoms with Gasteiger partial charge in [-0.1, -0.05) is 0 Å². The van der Waals surface area contributed by atoms with Gasteiger partial charge in [0, 0.05) is 37.8 Å². The first kappa shape index (κ1) is 15.8. The molecule has 7 heteroatoms. The number of hydrogen-bond acceptors (Lipinski definition) is 2. The lowest BCUT2D eigenvalue weighted by atomic mass is 9.98. The zero-order chi connectivity index (χ0) is 20.5. The zero-order valence-electron chi connectivity index (χ0n) is 15.8. The van der Waals surface area contributed by atoms with Crippen molar-refractivity contribution in [3.8, 4) is 0 Å². The minimum Gasteiger partial charge on any atom is -0.338 e. The molecule has 0 aliphatic carbocycles. The van der Waals surface area contributed by atoms with Crippen molar-refractivity contribution in [1.29, 1.82) is 0 Å². The Hall–Kier alpha value is -2.44. The number of benzene rings is 1. The van der Waals surface area contributed by atoms with Gasteiger partial charge in [0.2, 0.25) is 5.91 Å². The Balaban J connectivity index is 1.74. The highest BCUT2D eigenvalue weighted by molar-refractivity contribution is 5.79. The van der Waals surface area contributed by atoms with Crippen LogP contribution in [0.4, 0.5) is 17.6 Å². The fourth-order valence-electron chi connectivity index (χ4n) is 3.18. The fourth-order valence-corrected chi connectivity index (χ4v) is 3.18. The monoisotopic (exact) mass is 368 g/mol. The number of carbonyl (C=O) groups excluding carboxylic acids is 1. The molecule has 1 aliphatic heterocycles. The van der Waals surface area contributed by atoms with Gasteiger partial charge in [-0.25, -0.2) is 13.2 Å². The lowest BCUT2D eigenvalue weighted by Crippen LogP contribution is -2.25. The van der Waals surface area contributed by atoms with E-state index >= 15 is 0 Å². The molecule has 1 atom stereocenters. The van der Waals surface area contributed by atoms with Crippen molar-refractivity contribution in [2.45, 2.75) is 31.7 Å². The maximum absolute atomic E-state index is 13.5. The van der Waals surface area contributed by atoms with E-state index in [4.69, 9.17) is 2.74 Å². The number of alkyl halides is 1. The van der Waals surface area contributed by atoms with E-state index in [2.05, 4.69) is 4.98 Å². The van der Waals surface area contributed by atoms with E-state index in [1.165, 1.54) is 17.3 Å². The quantitative estimate of drug-likeness (QED) is 0.572. The van der Waals surface area contributed by atoms with Crippen LogP contribution in [0.2, 0.25) is 0 Å². The van der Waals surface area contributed by atoms with E-state index in [1.807, 2.05) is 0 Å². The summed E-state index contributed by atoms with van der Waals surface area (Å²) in [7, 11) is 0. The Labute approximate surface area is 151 Å². The molecule has 2 aromatic rings. The van der Waals surface area contributed by atoms with Crippen LogP contribution in [0.3, 0.4) is 0 Å². The van der Waals surface area contributed by atoms with Gasteiger partial charge in [0.1, 0.15) is 0 Å². The minimum absolute atomic E-state index is 0.0396. The molecular weight excluding hydrogens is 348 g/mol. The van der Waals surface area contributed by atoms with Crippen LogP contribution in [-0.4, -0.2) is 29.0 Å². The summed E-state index contributed by atoms with van der Waals surface area (Å²) < 4.78 is 67.3. The van der Waals surface area contributed by atoms with Crippen LogP contribution < -0.4 is 0 Å². The smallest absolute Gasteiger partial charge is 0.223 e. The third kappa shape index (κ3) is 3.86. The summed E-state index contributed by atoms with van der Waals surface area (Å²) >= 11 is 0. The second kappa shape index (κ2) is 7.85. The van der Waals surface area contributed by atoms with Crippen molar-refractivity contribution in [3.05, 3.63) is 64.7 Å². The van der Waals surface area contributed by atoms with Gasteiger partial charge in [0.15, 0.2) is 17.5 Å². The van der Waals surface area contributed by atoms with Gasteiger partial charge in [-0.05, 0) is 47.7 Å². The molecular formula is C19H18F4N2O. The Morgan fingerprint density at radius 3 is 2.65 bits per heavy atom. The number of amides is 1. The molecule has 1 aliphatic rings. The van der Waals surface area contributed by atoms with E-state index < -0.39 is 30.0 Å². The number of halogens is 4. The molecule has 0 bridgehead atoms. The van der Waals surface area contributed by atoms with Gasteiger partial charge in [-0.2, -0.15) is 0 Å². The molecule has 26 heavy (non-hydrogen) atoms. The van der Waals surface area contributed by atoms with E-state index in [1.54, 1.807) is 6.07 Å². The lowest BCUT2D eigenvalue weighted by molar-refractivity contribution is -0.128. The highest BCUT2D eigenvalue weighted by Crippen LogP contribution is 2.31. The first-order chi connectivity index (χ1) is 13.1. The minimum atomic E-state index is -2.81. The molecule has 3 nitrogen and oxygen atoms in total. The molecule has 0 saturated carbocycles. The Kier molecular flexibility index (Phi) is 4.76. The maximum atomic E-state index is 13.5. The molecule has 1 fully saturated rings. The first-order valence-electron chi connectivity index (χ1n) is 9.17. The fraction of sp³-hybridized carbons (Fsp3) is 0.368. The molecule has 1 amide bonds. The van der Waals surface area contributed by atoms with Gasteiger partial charge in [-0.15, -0.1) is 0 Å². The largest absolute Gasteiger partial charge is 0.338 e. The van der Waals surface area contributed by atoms with Crippen LogP contribution in [0.25, 0.3) is 0 Å². The number of rotatable bonds is 6. The van der Waals surface area contributed by atoms with Crippen molar-refractivity contribution in [2.75, 3.05) is 13.2 Å². The summed E-state index contributed by atoms with van der Waals surface area (Å²) in [6, 6.07) is 3.48. The molecule has 1 saturated heterocycles. The summed E-state index contributed by atoms with van der Waals surface area (Å²) in [6.07, 6.45) is 2.84. The van der Waals surface area contributed by atoms with Gasteiger partial charge in [-0.3, -0.25) is 14.2 Å². The van der Waals surface area contributed by atoms with Crippen LogP contribution in [-0.2, 0) is 17.8 Å². The van der Waals surface area contributed by atoms with Crippen molar-refractivity contribution < 1.29 is 25.1 Å². The summed E-state index contributed by atoms with van der Waals surface area (Å²) in [5, 5.41) is 0. The van der Waals surface area contributed by atoms with E-state index in [-0.39, 0.29) is 43.8 Å². The summed E-state index contributed by atoms with van der Waals surface area (Å²) in [6.45, 7) is -2.41. The first-order valence-corrected chi connectivity index (χ1v) is 8.17. The predicted octanol–water partition coefficient (Wildman–Crippen LogP) is 3.92. The number of hydrogen-bond donors (Lipinski definition) is 0. The molecule has 0 spiro atoms. The molecule has 3 rings (SSSR count). The second-order valence-electron chi connectivity index (χ2n) is 6.25. The van der Waals surface area contributed by atoms with Gasteiger partial charge in [0.25, 0.3) is 0 Å². The molecule has 1 aromatic carbocycles. The third-order valence-corrected chi connectivity index (χ3v) is 4.55. The Morgan fingerprint density at radius 1 is 1.23 bits per heavy atom. The molecule has 1 aromatic heterocycles.